The minimum atomic E-state index is -0.739. The summed E-state index contributed by atoms with van der Waals surface area (Å²) in [6, 6.07) is 6.98. The van der Waals surface area contributed by atoms with Gasteiger partial charge in [0.2, 0.25) is 5.91 Å². The smallest absolute Gasteiger partial charge is 0.311 e. The summed E-state index contributed by atoms with van der Waals surface area (Å²) in [5, 5.41) is 26.0. The third-order valence-corrected chi connectivity index (χ3v) is 2.96. The van der Waals surface area contributed by atoms with Crippen molar-refractivity contribution < 1.29 is 24.0 Å². The maximum atomic E-state index is 11.6. The van der Waals surface area contributed by atoms with Crippen molar-refractivity contribution in [2.75, 3.05) is 6.54 Å². The van der Waals surface area contributed by atoms with Crippen LogP contribution in [0.25, 0.3) is 6.08 Å². The van der Waals surface area contributed by atoms with Gasteiger partial charge in [-0.15, -0.1) is 0 Å². The lowest BCUT2D eigenvalue weighted by Crippen LogP contribution is -2.34. The van der Waals surface area contributed by atoms with Crippen molar-refractivity contribution in [1.82, 2.24) is 10.7 Å². The highest BCUT2D eigenvalue weighted by Gasteiger charge is 2.12. The Morgan fingerprint density at radius 1 is 1.35 bits per heavy atom. The topological polar surface area (TPSA) is 147 Å². The Hall–Kier alpha value is -3.95. The summed E-state index contributed by atoms with van der Waals surface area (Å²) in [6.07, 6.45) is 5.29. The van der Waals surface area contributed by atoms with E-state index < -0.39 is 28.2 Å². The Kier molecular flexibility index (Phi) is 6.21. The van der Waals surface area contributed by atoms with Gasteiger partial charge in [0.25, 0.3) is 5.91 Å². The first-order valence-electron chi connectivity index (χ1n) is 7.24. The summed E-state index contributed by atoms with van der Waals surface area (Å²) in [6.45, 7) is -0.311. The molecule has 10 heteroatoms. The standard InChI is InChI=1S/C16H14N4O6/c21-14-5-3-11(8-13(14)20(24)25)9-18-19-16(23)10-17-15(22)6-4-12-2-1-7-26-12/h1-9,21H,10H2,(H,17,22)(H,19,23). The minimum Gasteiger partial charge on any atom is -0.502 e. The summed E-state index contributed by atoms with van der Waals surface area (Å²) in [5.74, 6) is -1.05. The van der Waals surface area contributed by atoms with E-state index in [2.05, 4.69) is 15.8 Å². The van der Waals surface area contributed by atoms with E-state index in [0.29, 0.717) is 11.3 Å². The van der Waals surface area contributed by atoms with Gasteiger partial charge in [0.05, 0.1) is 23.9 Å². The number of nitro benzene ring substituents is 1. The lowest BCUT2D eigenvalue weighted by Gasteiger charge is -2.01. The minimum absolute atomic E-state index is 0.306. The molecule has 0 bridgehead atoms. The third kappa shape index (κ3) is 5.60. The molecular weight excluding hydrogens is 344 g/mol. The summed E-state index contributed by atoms with van der Waals surface area (Å²) < 4.78 is 5.01. The molecule has 0 aliphatic heterocycles. The van der Waals surface area contributed by atoms with E-state index >= 15 is 0 Å². The molecule has 26 heavy (non-hydrogen) atoms. The van der Waals surface area contributed by atoms with E-state index in [9.17, 15) is 24.8 Å². The second-order valence-corrected chi connectivity index (χ2v) is 4.86. The molecule has 0 saturated carbocycles. The number of aromatic hydroxyl groups is 1. The molecule has 2 aromatic rings. The molecular formula is C16H14N4O6. The first kappa shape index (κ1) is 18.4. The number of hydrogen-bond acceptors (Lipinski definition) is 7. The fraction of sp³-hybridized carbons (Fsp3) is 0.0625. The van der Waals surface area contributed by atoms with Crippen molar-refractivity contribution in [3.8, 4) is 5.75 Å². The van der Waals surface area contributed by atoms with Crippen molar-refractivity contribution in [2.24, 2.45) is 5.10 Å². The van der Waals surface area contributed by atoms with Gasteiger partial charge in [-0.2, -0.15) is 5.10 Å². The van der Waals surface area contributed by atoms with Crippen molar-refractivity contribution in [2.45, 2.75) is 0 Å². The fourth-order valence-corrected chi connectivity index (χ4v) is 1.76. The lowest BCUT2D eigenvalue weighted by atomic mass is 10.2. The molecule has 0 saturated heterocycles. The molecule has 10 nitrogen and oxygen atoms in total. The number of nitrogens with one attached hydrogen (secondary N) is 2. The van der Waals surface area contributed by atoms with E-state index in [4.69, 9.17) is 4.42 Å². The molecule has 134 valence electrons. The Bertz CT molecular complexity index is 858. The zero-order chi connectivity index (χ0) is 18.9. The average Bonchev–Trinajstić information content (AvgIpc) is 3.13. The van der Waals surface area contributed by atoms with Crippen molar-refractivity contribution in [1.29, 1.82) is 0 Å². The van der Waals surface area contributed by atoms with Crippen LogP contribution in [-0.2, 0) is 9.59 Å². The van der Waals surface area contributed by atoms with Crippen LogP contribution in [0.5, 0.6) is 5.75 Å². The molecule has 0 aliphatic carbocycles. The van der Waals surface area contributed by atoms with E-state index in [0.717, 1.165) is 12.1 Å². The number of furan rings is 1. The molecule has 0 spiro atoms. The van der Waals surface area contributed by atoms with Gasteiger partial charge in [-0.1, -0.05) is 0 Å². The van der Waals surface area contributed by atoms with E-state index in [1.807, 2.05) is 0 Å². The summed E-state index contributed by atoms with van der Waals surface area (Å²) >= 11 is 0. The van der Waals surface area contributed by atoms with Gasteiger partial charge in [-0.05, 0) is 30.3 Å². The summed E-state index contributed by atoms with van der Waals surface area (Å²) in [4.78, 5) is 33.1. The van der Waals surface area contributed by atoms with Gasteiger partial charge in [0, 0.05) is 17.7 Å². The SMILES string of the molecule is O=C(C=Cc1ccco1)NCC(=O)NN=Cc1ccc(O)c([N+](=O)[O-])c1. The molecule has 0 unspecified atom stereocenters. The zero-order valence-electron chi connectivity index (χ0n) is 13.3. The summed E-state index contributed by atoms with van der Waals surface area (Å²) in [7, 11) is 0. The zero-order valence-corrected chi connectivity index (χ0v) is 13.3. The van der Waals surface area contributed by atoms with Crippen LogP contribution in [-0.4, -0.2) is 34.6 Å². The highest BCUT2D eigenvalue weighted by molar-refractivity contribution is 5.94. The molecule has 0 aliphatic rings. The maximum absolute atomic E-state index is 11.6. The highest BCUT2D eigenvalue weighted by Crippen LogP contribution is 2.25. The van der Waals surface area contributed by atoms with Gasteiger partial charge in [-0.3, -0.25) is 19.7 Å². The van der Waals surface area contributed by atoms with Crippen LogP contribution in [0.4, 0.5) is 5.69 Å². The first-order valence-corrected chi connectivity index (χ1v) is 7.24. The molecule has 2 amide bonds. The van der Waals surface area contributed by atoms with Crippen LogP contribution in [0, 0.1) is 10.1 Å². The largest absolute Gasteiger partial charge is 0.502 e. The van der Waals surface area contributed by atoms with Gasteiger partial charge in [0.1, 0.15) is 5.76 Å². The molecule has 1 aromatic heterocycles. The fourth-order valence-electron chi connectivity index (χ4n) is 1.76. The van der Waals surface area contributed by atoms with Crippen LogP contribution >= 0.6 is 0 Å². The Morgan fingerprint density at radius 3 is 2.85 bits per heavy atom. The lowest BCUT2D eigenvalue weighted by molar-refractivity contribution is -0.385. The Morgan fingerprint density at radius 2 is 2.15 bits per heavy atom. The number of rotatable bonds is 7. The Balaban J connectivity index is 1.79. The number of nitro groups is 1. The molecule has 0 fully saturated rings. The van der Waals surface area contributed by atoms with Crippen molar-refractivity contribution >= 4 is 29.8 Å². The number of hydrazone groups is 1. The Labute approximate surface area is 147 Å². The number of benzene rings is 1. The van der Waals surface area contributed by atoms with Crippen LogP contribution in [0.3, 0.4) is 0 Å². The second-order valence-electron chi connectivity index (χ2n) is 4.86. The molecule has 1 aromatic carbocycles. The highest BCUT2D eigenvalue weighted by atomic mass is 16.6. The first-order chi connectivity index (χ1) is 12.5. The van der Waals surface area contributed by atoms with E-state index in [-0.39, 0.29) is 6.54 Å². The number of nitrogens with zero attached hydrogens (tertiary/aromatic N) is 2. The van der Waals surface area contributed by atoms with Crippen molar-refractivity contribution in [3.63, 3.8) is 0 Å². The normalized spacial score (nSPS) is 10.9. The van der Waals surface area contributed by atoms with Gasteiger partial charge in [0.15, 0.2) is 5.75 Å². The number of hydrogen-bond donors (Lipinski definition) is 3. The molecule has 1 heterocycles. The predicted molar refractivity (Wildman–Crippen MR) is 91.2 cm³/mol. The van der Waals surface area contributed by atoms with E-state index in [1.54, 1.807) is 12.1 Å². The number of amides is 2. The molecule has 2 rings (SSSR count). The number of phenolic OH excluding ortho intramolecular Hbond substituents is 1. The van der Waals surface area contributed by atoms with Gasteiger partial charge in [-0.25, -0.2) is 5.43 Å². The van der Waals surface area contributed by atoms with Crippen LogP contribution in [0.2, 0.25) is 0 Å². The summed E-state index contributed by atoms with van der Waals surface area (Å²) in [5.41, 5.74) is 1.99. The predicted octanol–water partition coefficient (Wildman–Crippen LogP) is 1.17. The second kappa shape index (κ2) is 8.78. The monoisotopic (exact) mass is 358 g/mol. The maximum Gasteiger partial charge on any atom is 0.311 e. The van der Waals surface area contributed by atoms with Crippen LogP contribution in [0.1, 0.15) is 11.3 Å². The number of carbonyl (C=O) groups excluding carboxylic acids is 2. The number of carbonyl (C=O) groups is 2. The quantitative estimate of drug-likeness (QED) is 0.293. The van der Waals surface area contributed by atoms with Crippen molar-refractivity contribution in [3.05, 3.63) is 64.1 Å². The van der Waals surface area contributed by atoms with E-state index in [1.165, 1.54) is 30.7 Å². The molecule has 0 atom stereocenters. The third-order valence-electron chi connectivity index (χ3n) is 2.96. The van der Waals surface area contributed by atoms with Gasteiger partial charge >= 0.3 is 5.69 Å². The number of phenols is 1. The van der Waals surface area contributed by atoms with Gasteiger partial charge < -0.3 is 14.8 Å². The van der Waals surface area contributed by atoms with Crippen LogP contribution in [0.15, 0.2) is 52.2 Å². The molecule has 3 N–H and O–H groups in total. The average molecular weight is 358 g/mol. The molecule has 0 radical (unpaired) electrons. The van der Waals surface area contributed by atoms with Crippen LogP contribution < -0.4 is 10.7 Å².